The van der Waals surface area contributed by atoms with E-state index >= 15 is 0 Å². The monoisotopic (exact) mass is 414 g/mol. The molecule has 1 heterocycles. The van der Waals surface area contributed by atoms with Gasteiger partial charge in [0.25, 0.3) is 10.0 Å². The lowest BCUT2D eigenvalue weighted by Gasteiger charge is -2.09. The summed E-state index contributed by atoms with van der Waals surface area (Å²) in [5.41, 5.74) is 3.57. The maximum Gasteiger partial charge on any atom is 0.276 e. The van der Waals surface area contributed by atoms with Crippen LogP contribution in [-0.4, -0.2) is 39.0 Å². The average Bonchev–Trinajstić information content (AvgIpc) is 3.17. The maximum atomic E-state index is 12.6. The summed E-state index contributed by atoms with van der Waals surface area (Å²) in [4.78, 5) is 2.45. The van der Waals surface area contributed by atoms with E-state index in [2.05, 4.69) is 20.1 Å². The third kappa shape index (κ3) is 4.40. The summed E-state index contributed by atoms with van der Waals surface area (Å²) in [7, 11) is -0.661. The first-order chi connectivity index (χ1) is 13.9. The molecule has 0 aliphatic rings. The summed E-state index contributed by atoms with van der Waals surface area (Å²) >= 11 is 0. The van der Waals surface area contributed by atoms with Crippen LogP contribution in [0.25, 0.3) is 11.3 Å². The Hall–Kier alpha value is -3.33. The van der Waals surface area contributed by atoms with Gasteiger partial charge in [0.2, 0.25) is 0 Å². The van der Waals surface area contributed by atoms with Gasteiger partial charge in [0.1, 0.15) is 0 Å². The summed E-state index contributed by atoms with van der Waals surface area (Å²) < 4.78 is 35.7. The van der Waals surface area contributed by atoms with Crippen LogP contribution < -0.4 is 14.3 Å². The zero-order valence-electron chi connectivity index (χ0n) is 16.6. The van der Waals surface area contributed by atoms with Crippen molar-refractivity contribution in [3.63, 3.8) is 0 Å². The Kier molecular flexibility index (Phi) is 5.88. The Bertz CT molecular complexity index is 1150. The van der Waals surface area contributed by atoms with E-state index < -0.39 is 10.0 Å². The van der Waals surface area contributed by atoms with Gasteiger partial charge in [-0.05, 0) is 49.2 Å². The highest BCUT2D eigenvalue weighted by molar-refractivity contribution is 7.89. The molecule has 3 aromatic rings. The standard InChI is InChI=1S/C20H22N4O4S/c1-13-5-6-14(2)19(9-13)29(25,26)24-22-12-16-11-21-23-20(16)15-7-8-17(27-3)18(10-15)28-4/h5-12,24H,1-4H3,(H,21,23)/b22-12+. The molecule has 8 nitrogen and oxygen atoms in total. The van der Waals surface area contributed by atoms with Gasteiger partial charge in [-0.1, -0.05) is 12.1 Å². The molecule has 0 amide bonds. The van der Waals surface area contributed by atoms with Crippen molar-refractivity contribution >= 4 is 16.2 Å². The van der Waals surface area contributed by atoms with Gasteiger partial charge in [0.05, 0.1) is 37.2 Å². The molecule has 0 radical (unpaired) electrons. The predicted molar refractivity (Wildman–Crippen MR) is 111 cm³/mol. The number of aryl methyl sites for hydroxylation is 2. The minimum atomic E-state index is -3.78. The van der Waals surface area contributed by atoms with Crippen molar-refractivity contribution in [2.75, 3.05) is 14.2 Å². The number of sulfonamides is 1. The summed E-state index contributed by atoms with van der Waals surface area (Å²) in [5, 5.41) is 10.8. The van der Waals surface area contributed by atoms with Gasteiger partial charge >= 0.3 is 0 Å². The van der Waals surface area contributed by atoms with E-state index in [0.29, 0.717) is 28.3 Å². The van der Waals surface area contributed by atoms with Crippen LogP contribution in [-0.2, 0) is 10.0 Å². The number of methoxy groups -OCH3 is 2. The van der Waals surface area contributed by atoms with Gasteiger partial charge in [-0.3, -0.25) is 5.10 Å². The first-order valence-electron chi connectivity index (χ1n) is 8.73. The number of benzene rings is 2. The van der Waals surface area contributed by atoms with Crippen molar-refractivity contribution in [3.8, 4) is 22.8 Å². The molecule has 2 N–H and O–H groups in total. The number of hydrazone groups is 1. The van der Waals surface area contributed by atoms with Crippen molar-refractivity contribution in [2.45, 2.75) is 18.7 Å². The first kappa shape index (κ1) is 20.4. The number of ether oxygens (including phenoxy) is 2. The van der Waals surface area contributed by atoms with Gasteiger partial charge in [-0.15, -0.1) is 0 Å². The highest BCUT2D eigenvalue weighted by Gasteiger charge is 2.16. The van der Waals surface area contributed by atoms with E-state index in [4.69, 9.17) is 9.47 Å². The molecule has 0 spiro atoms. The van der Waals surface area contributed by atoms with E-state index in [-0.39, 0.29) is 4.90 Å². The second-order valence-electron chi connectivity index (χ2n) is 6.39. The Balaban J connectivity index is 1.85. The van der Waals surface area contributed by atoms with E-state index in [1.807, 2.05) is 19.1 Å². The number of hydrogen-bond donors (Lipinski definition) is 2. The van der Waals surface area contributed by atoms with E-state index in [0.717, 1.165) is 11.1 Å². The molecule has 0 atom stereocenters. The molecule has 1 aromatic heterocycles. The number of aromatic amines is 1. The lowest BCUT2D eigenvalue weighted by molar-refractivity contribution is 0.355. The van der Waals surface area contributed by atoms with Crippen LogP contribution >= 0.6 is 0 Å². The van der Waals surface area contributed by atoms with Crippen LogP contribution in [0, 0.1) is 13.8 Å². The molecule has 0 bridgehead atoms. The van der Waals surface area contributed by atoms with Crippen LogP contribution in [0.5, 0.6) is 11.5 Å². The van der Waals surface area contributed by atoms with Crippen molar-refractivity contribution in [3.05, 3.63) is 59.3 Å². The number of nitrogens with one attached hydrogen (secondary N) is 2. The van der Waals surface area contributed by atoms with Crippen LogP contribution in [0.3, 0.4) is 0 Å². The number of rotatable bonds is 7. The first-order valence-corrected chi connectivity index (χ1v) is 10.2. The Morgan fingerprint density at radius 3 is 2.55 bits per heavy atom. The Morgan fingerprint density at radius 1 is 1.07 bits per heavy atom. The highest BCUT2D eigenvalue weighted by Crippen LogP contribution is 2.32. The molecule has 3 rings (SSSR count). The zero-order chi connectivity index (χ0) is 21.0. The zero-order valence-corrected chi connectivity index (χ0v) is 17.4. The highest BCUT2D eigenvalue weighted by atomic mass is 32.2. The normalized spacial score (nSPS) is 11.6. The van der Waals surface area contributed by atoms with Crippen LogP contribution in [0.15, 0.2) is 52.6 Å². The number of nitrogens with zero attached hydrogens (tertiary/aromatic N) is 2. The molecule has 29 heavy (non-hydrogen) atoms. The number of H-pyrrole nitrogens is 1. The van der Waals surface area contributed by atoms with Crippen LogP contribution in [0.1, 0.15) is 16.7 Å². The lowest BCUT2D eigenvalue weighted by Crippen LogP contribution is -2.19. The molecule has 0 aliphatic heterocycles. The summed E-state index contributed by atoms with van der Waals surface area (Å²) in [5.74, 6) is 1.17. The molecular formula is C20H22N4O4S. The van der Waals surface area contributed by atoms with Crippen LogP contribution in [0.4, 0.5) is 0 Å². The second kappa shape index (κ2) is 8.36. The summed E-state index contributed by atoms with van der Waals surface area (Å²) in [6, 6.07) is 10.6. The van der Waals surface area contributed by atoms with Crippen molar-refractivity contribution in [2.24, 2.45) is 5.10 Å². The van der Waals surface area contributed by atoms with Gasteiger partial charge in [0.15, 0.2) is 11.5 Å². The molecule has 0 saturated carbocycles. The minimum Gasteiger partial charge on any atom is -0.493 e. The lowest BCUT2D eigenvalue weighted by atomic mass is 10.1. The fraction of sp³-hybridized carbons (Fsp3) is 0.200. The van der Waals surface area contributed by atoms with Crippen LogP contribution in [0.2, 0.25) is 0 Å². The minimum absolute atomic E-state index is 0.196. The molecule has 2 aromatic carbocycles. The van der Waals surface area contributed by atoms with E-state index in [1.165, 1.54) is 6.21 Å². The van der Waals surface area contributed by atoms with Gasteiger partial charge in [0, 0.05) is 11.1 Å². The SMILES string of the molecule is COc1ccc(-c2[nH]ncc2/C=N/NS(=O)(=O)c2cc(C)ccc2C)cc1OC. The predicted octanol–water partition coefficient (Wildman–Crippen LogP) is 3.02. The Morgan fingerprint density at radius 2 is 1.83 bits per heavy atom. The fourth-order valence-electron chi connectivity index (χ4n) is 2.83. The maximum absolute atomic E-state index is 12.6. The molecule has 152 valence electrons. The van der Waals surface area contributed by atoms with Crippen molar-refractivity contribution in [1.82, 2.24) is 15.0 Å². The molecule has 0 unspecified atom stereocenters. The van der Waals surface area contributed by atoms with Gasteiger partial charge in [-0.25, -0.2) is 4.83 Å². The average molecular weight is 414 g/mol. The van der Waals surface area contributed by atoms with Crippen molar-refractivity contribution in [1.29, 1.82) is 0 Å². The van der Waals surface area contributed by atoms with Gasteiger partial charge in [-0.2, -0.15) is 18.6 Å². The quantitative estimate of drug-likeness (QED) is 0.457. The summed E-state index contributed by atoms with van der Waals surface area (Å²) in [6.45, 7) is 3.57. The Labute approximate surface area is 169 Å². The third-order valence-electron chi connectivity index (χ3n) is 4.35. The summed E-state index contributed by atoms with van der Waals surface area (Å²) in [6.07, 6.45) is 2.96. The third-order valence-corrected chi connectivity index (χ3v) is 5.72. The fourth-order valence-corrected chi connectivity index (χ4v) is 3.95. The van der Waals surface area contributed by atoms with E-state index in [1.54, 1.807) is 51.6 Å². The number of aromatic nitrogens is 2. The number of hydrogen-bond acceptors (Lipinski definition) is 6. The molecule has 9 heteroatoms. The smallest absolute Gasteiger partial charge is 0.276 e. The molecular weight excluding hydrogens is 392 g/mol. The largest absolute Gasteiger partial charge is 0.493 e. The van der Waals surface area contributed by atoms with Crippen molar-refractivity contribution < 1.29 is 17.9 Å². The topological polar surface area (TPSA) is 106 Å². The molecule has 0 saturated heterocycles. The van der Waals surface area contributed by atoms with Gasteiger partial charge < -0.3 is 9.47 Å². The van der Waals surface area contributed by atoms with E-state index in [9.17, 15) is 8.42 Å². The molecule has 0 aliphatic carbocycles. The second-order valence-corrected chi connectivity index (χ2v) is 8.02. The molecule has 0 fully saturated rings.